The van der Waals surface area contributed by atoms with Gasteiger partial charge in [-0.05, 0) is 52.4 Å². The molecule has 1 unspecified atom stereocenters. The van der Waals surface area contributed by atoms with Crippen molar-refractivity contribution in [2.75, 3.05) is 52.9 Å². The summed E-state index contributed by atoms with van der Waals surface area (Å²) in [5, 5.41) is 0. The van der Waals surface area contributed by atoms with E-state index in [9.17, 15) is 4.79 Å². The summed E-state index contributed by atoms with van der Waals surface area (Å²) in [7, 11) is 0. The minimum atomic E-state index is -0.725. The first-order valence-electron chi connectivity index (χ1n) is 14.2. The summed E-state index contributed by atoms with van der Waals surface area (Å²) in [6, 6.07) is 0. The third kappa shape index (κ3) is 19.2. The third-order valence-corrected chi connectivity index (χ3v) is 4.93. The number of ketones is 1. The normalized spacial score (nSPS) is 14.6. The number of ether oxygens (including phenoxy) is 6. The molecule has 0 bridgehead atoms. The van der Waals surface area contributed by atoms with Crippen molar-refractivity contribution < 1.29 is 33.2 Å². The molecular formula is C28H58O7. The SMILES string of the molecule is CCCOC[C@@H](OCCC)[C@H](OCCC)[C@@H](OCCC)C(=O)C(CCC)OCCC.CCOCC. The molecule has 0 spiro atoms. The van der Waals surface area contributed by atoms with E-state index in [0.717, 1.165) is 51.7 Å². The maximum atomic E-state index is 13.5. The van der Waals surface area contributed by atoms with Gasteiger partial charge in [0.25, 0.3) is 0 Å². The van der Waals surface area contributed by atoms with E-state index in [0.29, 0.717) is 46.1 Å². The van der Waals surface area contributed by atoms with Crippen molar-refractivity contribution in [2.24, 2.45) is 0 Å². The average Bonchev–Trinajstić information content (AvgIpc) is 2.86. The van der Waals surface area contributed by atoms with Crippen molar-refractivity contribution in [2.45, 2.75) is 125 Å². The molecule has 0 amide bonds. The lowest BCUT2D eigenvalue weighted by molar-refractivity contribution is -0.176. The van der Waals surface area contributed by atoms with Crippen LogP contribution in [0.15, 0.2) is 0 Å². The Morgan fingerprint density at radius 3 is 1.57 bits per heavy atom. The first-order chi connectivity index (χ1) is 17.0. The van der Waals surface area contributed by atoms with Gasteiger partial charge in [0.05, 0.1) is 6.61 Å². The highest BCUT2D eigenvalue weighted by Gasteiger charge is 2.40. The van der Waals surface area contributed by atoms with E-state index in [4.69, 9.17) is 28.4 Å². The van der Waals surface area contributed by atoms with Gasteiger partial charge < -0.3 is 28.4 Å². The molecule has 0 N–H and O–H groups in total. The van der Waals surface area contributed by atoms with Crippen LogP contribution < -0.4 is 0 Å². The van der Waals surface area contributed by atoms with Crippen molar-refractivity contribution in [3.05, 3.63) is 0 Å². The van der Waals surface area contributed by atoms with Crippen LogP contribution in [0, 0.1) is 0 Å². The molecule has 0 saturated carbocycles. The van der Waals surface area contributed by atoms with Crippen LogP contribution in [0.3, 0.4) is 0 Å². The fourth-order valence-corrected chi connectivity index (χ4v) is 3.30. The fourth-order valence-electron chi connectivity index (χ4n) is 3.30. The molecule has 7 heteroatoms. The maximum absolute atomic E-state index is 13.5. The topological polar surface area (TPSA) is 72.5 Å². The highest BCUT2D eigenvalue weighted by atomic mass is 16.6. The van der Waals surface area contributed by atoms with E-state index in [1.54, 1.807) is 0 Å². The summed E-state index contributed by atoms with van der Waals surface area (Å²) in [5.74, 6) is -0.0413. The molecule has 4 atom stereocenters. The molecule has 0 radical (unpaired) electrons. The molecule has 0 rings (SSSR count). The monoisotopic (exact) mass is 506 g/mol. The van der Waals surface area contributed by atoms with Crippen molar-refractivity contribution in [1.29, 1.82) is 0 Å². The lowest BCUT2D eigenvalue weighted by Gasteiger charge is -2.34. The Labute approximate surface area is 216 Å². The van der Waals surface area contributed by atoms with Gasteiger partial charge in [0, 0.05) is 46.2 Å². The van der Waals surface area contributed by atoms with E-state index in [1.165, 1.54) is 0 Å². The summed E-state index contributed by atoms with van der Waals surface area (Å²) in [6.45, 7) is 21.2. The molecular weight excluding hydrogens is 448 g/mol. The lowest BCUT2D eigenvalue weighted by Crippen LogP contribution is -2.52. The zero-order valence-electron chi connectivity index (χ0n) is 24.3. The zero-order chi connectivity index (χ0) is 26.7. The fraction of sp³-hybridized carbons (Fsp3) is 0.964. The van der Waals surface area contributed by atoms with Crippen LogP contribution in [-0.2, 0) is 33.2 Å². The Kier molecular flexibility index (Phi) is 29.3. The molecule has 0 aliphatic rings. The third-order valence-electron chi connectivity index (χ3n) is 4.93. The zero-order valence-corrected chi connectivity index (χ0v) is 24.3. The lowest BCUT2D eigenvalue weighted by atomic mass is 9.97. The number of carbonyl (C=O) groups is 1. The van der Waals surface area contributed by atoms with Gasteiger partial charge >= 0.3 is 0 Å². The second kappa shape index (κ2) is 28.0. The van der Waals surface area contributed by atoms with Crippen molar-refractivity contribution in [1.82, 2.24) is 0 Å². The van der Waals surface area contributed by atoms with Gasteiger partial charge in [-0.2, -0.15) is 0 Å². The Hall–Kier alpha value is -0.570. The van der Waals surface area contributed by atoms with E-state index in [2.05, 4.69) is 27.7 Å². The average molecular weight is 507 g/mol. The highest BCUT2D eigenvalue weighted by Crippen LogP contribution is 2.20. The second-order valence-corrected chi connectivity index (χ2v) is 8.44. The minimum absolute atomic E-state index is 0.0413. The quantitative estimate of drug-likeness (QED) is 0.149. The van der Waals surface area contributed by atoms with E-state index >= 15 is 0 Å². The molecule has 0 aromatic carbocycles. The molecule has 212 valence electrons. The van der Waals surface area contributed by atoms with Crippen LogP contribution in [0.1, 0.15) is 100 Å². The summed E-state index contributed by atoms with van der Waals surface area (Å²) < 4.78 is 34.9. The van der Waals surface area contributed by atoms with E-state index in [-0.39, 0.29) is 11.9 Å². The molecule has 35 heavy (non-hydrogen) atoms. The summed E-state index contributed by atoms with van der Waals surface area (Å²) in [6.07, 6.45) is 3.84. The standard InChI is InChI=1S/C24H48O6.C4H10O/c1-7-13-20(27-15-9-3)22(25)24(30-18-12-6)23(29-17-11-5)21(28-16-10-4)19-26-14-8-2;1-3-5-4-2/h20-21,23-24H,7-19H2,1-6H3;3-4H2,1-2H3/t20?,21-,23+,24+;/m1./s1. The van der Waals surface area contributed by atoms with Gasteiger partial charge in [-0.1, -0.05) is 48.0 Å². The van der Waals surface area contributed by atoms with Gasteiger partial charge in [-0.3, -0.25) is 4.79 Å². The molecule has 7 nitrogen and oxygen atoms in total. The summed E-state index contributed by atoms with van der Waals surface area (Å²) in [5.41, 5.74) is 0. The Morgan fingerprint density at radius 2 is 1.09 bits per heavy atom. The number of Topliss-reactive ketones (excluding diaryl/α,β-unsaturated/α-hetero) is 1. The maximum Gasteiger partial charge on any atom is 0.192 e. The summed E-state index contributed by atoms with van der Waals surface area (Å²) in [4.78, 5) is 13.5. The highest BCUT2D eigenvalue weighted by molar-refractivity contribution is 5.88. The van der Waals surface area contributed by atoms with Crippen LogP contribution in [0.4, 0.5) is 0 Å². The van der Waals surface area contributed by atoms with Crippen molar-refractivity contribution >= 4 is 5.78 Å². The Morgan fingerprint density at radius 1 is 0.571 bits per heavy atom. The molecule has 0 saturated heterocycles. The van der Waals surface area contributed by atoms with Crippen LogP contribution in [0.2, 0.25) is 0 Å². The molecule has 0 aromatic heterocycles. The van der Waals surface area contributed by atoms with Gasteiger partial charge in [-0.25, -0.2) is 0 Å². The smallest absolute Gasteiger partial charge is 0.192 e. The van der Waals surface area contributed by atoms with Gasteiger partial charge in [0.1, 0.15) is 24.4 Å². The number of rotatable bonds is 24. The first-order valence-corrected chi connectivity index (χ1v) is 14.2. The second-order valence-electron chi connectivity index (χ2n) is 8.44. The predicted molar refractivity (Wildman–Crippen MR) is 143 cm³/mol. The molecule has 0 heterocycles. The Bertz CT molecular complexity index is 432. The van der Waals surface area contributed by atoms with E-state index in [1.807, 2.05) is 27.7 Å². The van der Waals surface area contributed by atoms with Gasteiger partial charge in [0.2, 0.25) is 0 Å². The first kappa shape index (κ1) is 36.6. The van der Waals surface area contributed by atoms with Crippen molar-refractivity contribution in [3.8, 4) is 0 Å². The number of carbonyl (C=O) groups excluding carboxylic acids is 1. The van der Waals surface area contributed by atoms with Crippen LogP contribution in [0.25, 0.3) is 0 Å². The minimum Gasteiger partial charge on any atom is -0.382 e. The molecule has 0 fully saturated rings. The predicted octanol–water partition coefficient (Wildman–Crippen LogP) is 6.01. The van der Waals surface area contributed by atoms with Crippen molar-refractivity contribution in [3.63, 3.8) is 0 Å². The molecule has 0 aromatic rings. The number of hydrogen-bond acceptors (Lipinski definition) is 7. The largest absolute Gasteiger partial charge is 0.382 e. The molecule has 0 aliphatic heterocycles. The van der Waals surface area contributed by atoms with Gasteiger partial charge in [0.15, 0.2) is 5.78 Å². The van der Waals surface area contributed by atoms with Crippen LogP contribution in [-0.4, -0.2) is 83.1 Å². The number of hydrogen-bond donors (Lipinski definition) is 0. The van der Waals surface area contributed by atoms with Gasteiger partial charge in [-0.15, -0.1) is 0 Å². The Balaban J connectivity index is 0. The summed E-state index contributed by atoms with van der Waals surface area (Å²) >= 11 is 0. The molecule has 0 aliphatic carbocycles. The van der Waals surface area contributed by atoms with Crippen LogP contribution >= 0.6 is 0 Å². The van der Waals surface area contributed by atoms with E-state index < -0.39 is 18.3 Å². The van der Waals surface area contributed by atoms with Crippen LogP contribution in [0.5, 0.6) is 0 Å².